The van der Waals surface area contributed by atoms with Gasteiger partial charge in [-0.15, -0.1) is 0 Å². The van der Waals surface area contributed by atoms with Gasteiger partial charge in [0, 0.05) is 19.6 Å². The van der Waals surface area contributed by atoms with Crippen molar-refractivity contribution in [2.24, 2.45) is 0 Å². The van der Waals surface area contributed by atoms with Crippen LogP contribution in [0.5, 0.6) is 0 Å². The van der Waals surface area contributed by atoms with E-state index in [9.17, 15) is 13.5 Å². The van der Waals surface area contributed by atoms with Gasteiger partial charge >= 0.3 is 0 Å². The van der Waals surface area contributed by atoms with Gasteiger partial charge in [0.25, 0.3) is 10.2 Å². The van der Waals surface area contributed by atoms with Crippen molar-refractivity contribution in [3.8, 4) is 0 Å². The topological polar surface area (TPSA) is 69.6 Å². The first-order chi connectivity index (χ1) is 6.43. The molecular formula is C8H18N2O3S. The van der Waals surface area contributed by atoms with E-state index in [-0.39, 0.29) is 13.1 Å². The van der Waals surface area contributed by atoms with Gasteiger partial charge in [-0.05, 0) is 12.8 Å². The molecule has 0 aromatic carbocycles. The fraction of sp³-hybridized carbons (Fsp3) is 1.00. The number of rotatable bonds is 5. The van der Waals surface area contributed by atoms with Crippen LogP contribution in [-0.4, -0.2) is 43.1 Å². The van der Waals surface area contributed by atoms with Gasteiger partial charge in [-0.1, -0.05) is 13.8 Å². The molecule has 6 heteroatoms. The summed E-state index contributed by atoms with van der Waals surface area (Å²) >= 11 is 0. The number of nitrogens with zero attached hydrogens (tertiary/aromatic N) is 1. The Balaban J connectivity index is 2.46. The molecule has 1 fully saturated rings. The van der Waals surface area contributed by atoms with Gasteiger partial charge < -0.3 is 5.11 Å². The maximum atomic E-state index is 11.5. The SMILES string of the molecule is CCCNS(=O)(=O)N1CC(O)(CC)C1. The van der Waals surface area contributed by atoms with Crippen molar-refractivity contribution in [2.75, 3.05) is 19.6 Å². The molecule has 5 nitrogen and oxygen atoms in total. The van der Waals surface area contributed by atoms with Gasteiger partial charge in [-0.25, -0.2) is 4.72 Å². The van der Waals surface area contributed by atoms with E-state index in [1.54, 1.807) is 0 Å². The minimum Gasteiger partial charge on any atom is -0.387 e. The van der Waals surface area contributed by atoms with Crippen molar-refractivity contribution in [1.29, 1.82) is 0 Å². The Morgan fingerprint density at radius 3 is 2.43 bits per heavy atom. The average Bonchev–Trinajstić information content (AvgIpc) is 2.09. The standard InChI is InChI=1S/C8H18N2O3S/c1-3-5-9-14(12,13)10-6-8(11,4-2)7-10/h9,11H,3-7H2,1-2H3. The van der Waals surface area contributed by atoms with Crippen LogP contribution in [0.15, 0.2) is 0 Å². The molecule has 0 amide bonds. The fourth-order valence-electron chi connectivity index (χ4n) is 1.33. The summed E-state index contributed by atoms with van der Waals surface area (Å²) in [6, 6.07) is 0. The summed E-state index contributed by atoms with van der Waals surface area (Å²) in [5.74, 6) is 0. The van der Waals surface area contributed by atoms with Crippen LogP contribution >= 0.6 is 0 Å². The van der Waals surface area contributed by atoms with Crippen LogP contribution in [0.25, 0.3) is 0 Å². The highest BCUT2D eigenvalue weighted by Gasteiger charge is 2.45. The molecule has 0 bridgehead atoms. The molecule has 0 aromatic heterocycles. The number of hydrogen-bond donors (Lipinski definition) is 2. The molecule has 0 radical (unpaired) electrons. The number of β-amino-alcohol motifs (C(OH)–C–C–N with tert-alkyl or cyclic N) is 1. The molecule has 0 spiro atoms. The highest BCUT2D eigenvalue weighted by molar-refractivity contribution is 7.87. The zero-order chi connectivity index (χ0) is 10.8. The first-order valence-corrected chi connectivity index (χ1v) is 6.34. The van der Waals surface area contributed by atoms with Crippen molar-refractivity contribution < 1.29 is 13.5 Å². The Bertz CT molecular complexity index is 283. The Kier molecular flexibility index (Phi) is 3.52. The van der Waals surface area contributed by atoms with Crippen molar-refractivity contribution in [1.82, 2.24) is 9.03 Å². The van der Waals surface area contributed by atoms with Gasteiger partial charge in [0.1, 0.15) is 0 Å². The summed E-state index contributed by atoms with van der Waals surface area (Å²) in [4.78, 5) is 0. The van der Waals surface area contributed by atoms with E-state index in [0.29, 0.717) is 13.0 Å². The summed E-state index contributed by atoms with van der Waals surface area (Å²) in [6.07, 6.45) is 1.36. The average molecular weight is 222 g/mol. The number of hydrogen-bond acceptors (Lipinski definition) is 3. The zero-order valence-electron chi connectivity index (χ0n) is 8.65. The van der Waals surface area contributed by atoms with E-state index in [4.69, 9.17) is 0 Å². The second kappa shape index (κ2) is 4.14. The fourth-order valence-corrected chi connectivity index (χ4v) is 2.79. The van der Waals surface area contributed by atoms with Crippen LogP contribution < -0.4 is 4.72 Å². The van der Waals surface area contributed by atoms with Crippen LogP contribution in [0.2, 0.25) is 0 Å². The van der Waals surface area contributed by atoms with Crippen LogP contribution in [0.4, 0.5) is 0 Å². The third kappa shape index (κ3) is 2.44. The first-order valence-electron chi connectivity index (χ1n) is 4.90. The normalized spacial score (nSPS) is 21.9. The maximum Gasteiger partial charge on any atom is 0.279 e. The quantitative estimate of drug-likeness (QED) is 0.670. The lowest BCUT2D eigenvalue weighted by atomic mass is 9.94. The third-order valence-corrected chi connectivity index (χ3v) is 3.98. The van der Waals surface area contributed by atoms with E-state index < -0.39 is 15.8 Å². The highest BCUT2D eigenvalue weighted by atomic mass is 32.2. The van der Waals surface area contributed by atoms with Crippen LogP contribution in [-0.2, 0) is 10.2 Å². The molecule has 84 valence electrons. The third-order valence-electron chi connectivity index (χ3n) is 2.47. The second-order valence-corrected chi connectivity index (χ2v) is 5.50. The molecule has 0 saturated carbocycles. The lowest BCUT2D eigenvalue weighted by Gasteiger charge is -2.44. The molecular weight excluding hydrogens is 204 g/mol. The summed E-state index contributed by atoms with van der Waals surface area (Å²) < 4.78 is 26.7. The number of aliphatic hydroxyl groups is 1. The van der Waals surface area contributed by atoms with Crippen molar-refractivity contribution in [3.05, 3.63) is 0 Å². The van der Waals surface area contributed by atoms with Crippen LogP contribution in [0.3, 0.4) is 0 Å². The summed E-state index contributed by atoms with van der Waals surface area (Å²) in [6.45, 7) is 4.62. The molecule has 1 aliphatic rings. The van der Waals surface area contributed by atoms with Gasteiger partial charge in [-0.3, -0.25) is 0 Å². The van der Waals surface area contributed by atoms with E-state index in [1.807, 2.05) is 13.8 Å². The van der Waals surface area contributed by atoms with Crippen molar-refractivity contribution in [3.63, 3.8) is 0 Å². The molecule has 1 saturated heterocycles. The molecule has 14 heavy (non-hydrogen) atoms. The highest BCUT2D eigenvalue weighted by Crippen LogP contribution is 2.25. The zero-order valence-corrected chi connectivity index (χ0v) is 9.47. The van der Waals surface area contributed by atoms with Crippen molar-refractivity contribution in [2.45, 2.75) is 32.3 Å². The largest absolute Gasteiger partial charge is 0.387 e. The van der Waals surface area contributed by atoms with E-state index in [2.05, 4.69) is 4.72 Å². The van der Waals surface area contributed by atoms with Gasteiger partial charge in [0.15, 0.2) is 0 Å². The van der Waals surface area contributed by atoms with Crippen LogP contribution in [0, 0.1) is 0 Å². The summed E-state index contributed by atoms with van der Waals surface area (Å²) in [5, 5.41) is 9.64. The van der Waals surface area contributed by atoms with E-state index in [0.717, 1.165) is 6.42 Å². The molecule has 1 rings (SSSR count). The molecule has 0 unspecified atom stereocenters. The summed E-state index contributed by atoms with van der Waals surface area (Å²) in [5.41, 5.74) is -0.805. The Morgan fingerprint density at radius 2 is 2.00 bits per heavy atom. The molecule has 0 atom stereocenters. The molecule has 0 aliphatic carbocycles. The predicted molar refractivity (Wildman–Crippen MR) is 54.0 cm³/mol. The van der Waals surface area contributed by atoms with Gasteiger partial charge in [0.2, 0.25) is 0 Å². The smallest absolute Gasteiger partial charge is 0.279 e. The summed E-state index contributed by atoms with van der Waals surface area (Å²) in [7, 11) is -3.34. The molecule has 2 N–H and O–H groups in total. The van der Waals surface area contributed by atoms with Crippen LogP contribution in [0.1, 0.15) is 26.7 Å². The van der Waals surface area contributed by atoms with Crippen molar-refractivity contribution >= 4 is 10.2 Å². The van der Waals surface area contributed by atoms with Gasteiger partial charge in [0.05, 0.1) is 5.60 Å². The molecule has 1 aliphatic heterocycles. The maximum absolute atomic E-state index is 11.5. The Morgan fingerprint density at radius 1 is 1.43 bits per heavy atom. The van der Waals surface area contributed by atoms with E-state index in [1.165, 1.54) is 4.31 Å². The first kappa shape index (κ1) is 11.9. The predicted octanol–water partition coefficient (Wildman–Crippen LogP) is -0.313. The second-order valence-electron chi connectivity index (χ2n) is 3.75. The minimum atomic E-state index is -3.34. The minimum absolute atomic E-state index is 0.211. The molecule has 0 aromatic rings. The van der Waals surface area contributed by atoms with E-state index >= 15 is 0 Å². The molecule has 1 heterocycles. The Hall–Kier alpha value is -0.170. The monoisotopic (exact) mass is 222 g/mol. The lowest BCUT2D eigenvalue weighted by molar-refractivity contribution is -0.0618. The van der Waals surface area contributed by atoms with Gasteiger partial charge in [-0.2, -0.15) is 12.7 Å². The number of nitrogens with one attached hydrogen (secondary N) is 1. The Labute approximate surface area is 85.3 Å². The lowest BCUT2D eigenvalue weighted by Crippen LogP contribution is -2.65.